The molecule has 10 heteroatoms. The third kappa shape index (κ3) is 4.36. The average Bonchev–Trinajstić information content (AvgIpc) is 3.05. The molecule has 0 aliphatic carbocycles. The first-order valence-electron chi connectivity index (χ1n) is 9.56. The van der Waals surface area contributed by atoms with Crippen LogP contribution in [0.15, 0.2) is 6.07 Å². The molecule has 1 N–H and O–H groups in total. The molecular formula is C18H25F3N6O. The summed E-state index contributed by atoms with van der Waals surface area (Å²) in [4.78, 5) is 22.1. The lowest BCUT2D eigenvalue weighted by atomic mass is 9.96. The van der Waals surface area contributed by atoms with Gasteiger partial charge in [-0.2, -0.15) is 22.7 Å². The van der Waals surface area contributed by atoms with Gasteiger partial charge in [0.2, 0.25) is 5.91 Å². The van der Waals surface area contributed by atoms with Crippen LogP contribution in [-0.4, -0.2) is 44.6 Å². The van der Waals surface area contributed by atoms with E-state index >= 15 is 0 Å². The highest BCUT2D eigenvalue weighted by Crippen LogP contribution is 2.29. The van der Waals surface area contributed by atoms with Gasteiger partial charge in [0.1, 0.15) is 5.82 Å². The van der Waals surface area contributed by atoms with E-state index in [9.17, 15) is 18.0 Å². The number of carbonyl (C=O) groups is 1. The molecule has 28 heavy (non-hydrogen) atoms. The molecule has 7 nitrogen and oxygen atoms in total. The van der Waals surface area contributed by atoms with Crippen LogP contribution in [0.5, 0.6) is 0 Å². The van der Waals surface area contributed by atoms with Crippen molar-refractivity contribution < 1.29 is 18.0 Å². The molecule has 2 unspecified atom stereocenters. The van der Waals surface area contributed by atoms with E-state index in [1.54, 1.807) is 13.0 Å². The predicted molar refractivity (Wildman–Crippen MR) is 98.0 cm³/mol. The quantitative estimate of drug-likeness (QED) is 0.838. The summed E-state index contributed by atoms with van der Waals surface area (Å²) >= 11 is 0. The molecule has 3 rings (SSSR count). The molecule has 1 aliphatic heterocycles. The third-order valence-electron chi connectivity index (χ3n) is 4.90. The zero-order valence-electron chi connectivity index (χ0n) is 16.3. The number of hydrogen-bond donors (Lipinski definition) is 1. The summed E-state index contributed by atoms with van der Waals surface area (Å²) in [7, 11) is 0. The molecule has 1 amide bonds. The normalized spacial score (nSPS) is 19.1. The molecule has 154 valence electrons. The smallest absolute Gasteiger partial charge is 0.356 e. The summed E-state index contributed by atoms with van der Waals surface area (Å²) in [6.07, 6.45) is -1.23. The molecule has 1 aliphatic rings. The number of halogens is 3. The van der Waals surface area contributed by atoms with Gasteiger partial charge in [0.15, 0.2) is 0 Å². The lowest BCUT2D eigenvalue weighted by molar-refractivity contribution is -0.144. The molecule has 2 aromatic rings. The summed E-state index contributed by atoms with van der Waals surface area (Å²) in [6, 6.07) is 1.79. The van der Waals surface area contributed by atoms with Crippen molar-refractivity contribution in [3.05, 3.63) is 17.6 Å². The molecule has 3 heterocycles. The number of amides is 1. The molecule has 0 bridgehead atoms. The number of alkyl halides is 3. The number of nitrogens with zero attached hydrogens (tertiary/aromatic N) is 5. The van der Waals surface area contributed by atoms with E-state index in [4.69, 9.17) is 0 Å². The first kappa shape index (κ1) is 20.3. The van der Waals surface area contributed by atoms with Crippen LogP contribution in [0.1, 0.15) is 51.0 Å². The fraction of sp³-hybridized carbons (Fsp3) is 0.667. The number of rotatable bonds is 5. The number of piperidine rings is 1. The molecule has 1 fully saturated rings. The standard InChI is InChI=1S/C18H25F3N6O/c1-4-6-11(2)22-15(28)13-7-5-8-26(10-13)14-9-12(3)23-17-24-16(18(19,20)21)25-27(14)17/h9,11,13H,4-8,10H2,1-3H3,(H,22,28). The van der Waals surface area contributed by atoms with Gasteiger partial charge < -0.3 is 10.2 Å². The number of aryl methyl sites for hydroxylation is 1. The first-order chi connectivity index (χ1) is 13.2. The van der Waals surface area contributed by atoms with Crippen LogP contribution in [0.3, 0.4) is 0 Å². The molecule has 0 radical (unpaired) electrons. The van der Waals surface area contributed by atoms with E-state index < -0.39 is 12.0 Å². The minimum atomic E-state index is -4.64. The topological polar surface area (TPSA) is 75.4 Å². The van der Waals surface area contributed by atoms with E-state index in [0.29, 0.717) is 24.6 Å². The highest BCUT2D eigenvalue weighted by molar-refractivity contribution is 5.79. The monoisotopic (exact) mass is 398 g/mol. The van der Waals surface area contributed by atoms with Crippen LogP contribution in [0.2, 0.25) is 0 Å². The SMILES string of the molecule is CCCC(C)NC(=O)C1CCCN(c2cc(C)nc3nc(C(F)(F)F)nn23)C1. The van der Waals surface area contributed by atoms with Crippen molar-refractivity contribution in [3.8, 4) is 0 Å². The van der Waals surface area contributed by atoms with Crippen LogP contribution in [0, 0.1) is 12.8 Å². The van der Waals surface area contributed by atoms with Gasteiger partial charge in [-0.3, -0.25) is 4.79 Å². The second-order valence-electron chi connectivity index (χ2n) is 7.38. The van der Waals surface area contributed by atoms with E-state index in [-0.39, 0.29) is 23.6 Å². The fourth-order valence-corrected chi connectivity index (χ4v) is 3.58. The van der Waals surface area contributed by atoms with Crippen molar-refractivity contribution >= 4 is 17.5 Å². The summed E-state index contributed by atoms with van der Waals surface area (Å²) < 4.78 is 40.2. The maximum atomic E-state index is 13.0. The van der Waals surface area contributed by atoms with Crippen molar-refractivity contribution in [1.82, 2.24) is 24.9 Å². The number of carbonyl (C=O) groups excluding carboxylic acids is 1. The van der Waals surface area contributed by atoms with Crippen LogP contribution in [-0.2, 0) is 11.0 Å². The Balaban J connectivity index is 1.85. The van der Waals surface area contributed by atoms with Gasteiger partial charge in [-0.25, -0.2) is 4.98 Å². The summed E-state index contributed by atoms with van der Waals surface area (Å²) in [5, 5.41) is 6.65. The lowest BCUT2D eigenvalue weighted by Crippen LogP contribution is -2.45. The molecule has 0 spiro atoms. The first-order valence-corrected chi connectivity index (χ1v) is 9.56. The Morgan fingerprint density at radius 2 is 2.14 bits per heavy atom. The molecule has 2 atom stereocenters. The third-order valence-corrected chi connectivity index (χ3v) is 4.90. The van der Waals surface area contributed by atoms with Crippen LogP contribution >= 0.6 is 0 Å². The predicted octanol–water partition coefficient (Wildman–Crippen LogP) is 2.97. The van der Waals surface area contributed by atoms with E-state index in [1.807, 2.05) is 11.8 Å². The Kier molecular flexibility index (Phi) is 5.76. The van der Waals surface area contributed by atoms with Crippen LogP contribution < -0.4 is 10.2 Å². The van der Waals surface area contributed by atoms with Gasteiger partial charge in [-0.1, -0.05) is 13.3 Å². The second kappa shape index (κ2) is 7.92. The minimum Gasteiger partial charge on any atom is -0.356 e. The molecule has 0 saturated carbocycles. The van der Waals surface area contributed by atoms with E-state index in [1.165, 1.54) is 0 Å². The van der Waals surface area contributed by atoms with Crippen molar-refractivity contribution in [2.24, 2.45) is 5.92 Å². The number of fused-ring (bicyclic) bond motifs is 1. The van der Waals surface area contributed by atoms with Gasteiger partial charge in [-0.15, -0.1) is 5.10 Å². The zero-order valence-corrected chi connectivity index (χ0v) is 16.3. The fourth-order valence-electron chi connectivity index (χ4n) is 3.58. The van der Waals surface area contributed by atoms with Crippen molar-refractivity contribution in [2.75, 3.05) is 18.0 Å². The number of nitrogens with one attached hydrogen (secondary N) is 1. The minimum absolute atomic E-state index is 0.0118. The van der Waals surface area contributed by atoms with Crippen molar-refractivity contribution in [1.29, 1.82) is 0 Å². The van der Waals surface area contributed by atoms with E-state index in [2.05, 4.69) is 27.3 Å². The van der Waals surface area contributed by atoms with Crippen molar-refractivity contribution in [2.45, 2.75) is 58.7 Å². The highest BCUT2D eigenvalue weighted by atomic mass is 19.4. The lowest BCUT2D eigenvalue weighted by Gasteiger charge is -2.34. The Labute approximate surface area is 161 Å². The molecule has 0 aromatic carbocycles. The maximum absolute atomic E-state index is 13.0. The van der Waals surface area contributed by atoms with Gasteiger partial charge >= 0.3 is 6.18 Å². The molecule has 2 aromatic heterocycles. The van der Waals surface area contributed by atoms with Gasteiger partial charge in [0.05, 0.1) is 5.92 Å². The van der Waals surface area contributed by atoms with E-state index in [0.717, 1.165) is 30.2 Å². The average molecular weight is 398 g/mol. The van der Waals surface area contributed by atoms with Gasteiger partial charge in [0, 0.05) is 30.9 Å². The largest absolute Gasteiger partial charge is 0.453 e. The summed E-state index contributed by atoms with van der Waals surface area (Å²) in [5.74, 6) is -1.06. The van der Waals surface area contributed by atoms with Crippen molar-refractivity contribution in [3.63, 3.8) is 0 Å². The molecular weight excluding hydrogens is 373 g/mol. The summed E-state index contributed by atoms with van der Waals surface area (Å²) in [5.41, 5.74) is 0.548. The van der Waals surface area contributed by atoms with Crippen LogP contribution in [0.25, 0.3) is 5.78 Å². The number of aromatic nitrogens is 4. The second-order valence-corrected chi connectivity index (χ2v) is 7.38. The zero-order chi connectivity index (χ0) is 20.5. The molecule has 1 saturated heterocycles. The van der Waals surface area contributed by atoms with Gasteiger partial charge in [-0.05, 0) is 33.1 Å². The Morgan fingerprint density at radius 1 is 1.39 bits per heavy atom. The Bertz CT molecular complexity index is 850. The van der Waals surface area contributed by atoms with Gasteiger partial charge in [0.25, 0.3) is 11.6 Å². The highest BCUT2D eigenvalue weighted by Gasteiger charge is 2.37. The Morgan fingerprint density at radius 3 is 2.82 bits per heavy atom. The number of hydrogen-bond acceptors (Lipinski definition) is 5. The number of anilines is 1. The summed E-state index contributed by atoms with van der Waals surface area (Å²) in [6.45, 7) is 6.80. The van der Waals surface area contributed by atoms with Crippen LogP contribution in [0.4, 0.5) is 19.0 Å². The maximum Gasteiger partial charge on any atom is 0.453 e. The Hall–Kier alpha value is -2.39.